The van der Waals surface area contributed by atoms with Gasteiger partial charge in [0.25, 0.3) is 5.91 Å². The minimum Gasteiger partial charge on any atom is -0.350 e. The van der Waals surface area contributed by atoms with E-state index in [1.165, 1.54) is 17.4 Å². The van der Waals surface area contributed by atoms with Crippen LogP contribution < -0.4 is 16.0 Å². The van der Waals surface area contributed by atoms with E-state index in [1.807, 2.05) is 6.07 Å². The summed E-state index contributed by atoms with van der Waals surface area (Å²) in [6, 6.07) is 11.4. The average Bonchev–Trinajstić information content (AvgIpc) is 3.15. The SMILES string of the molecule is Cc1ccc(Cc2cnc(NC(=O)NCCNC(=O)c3ccccc3Cl)s2)cc1F. The van der Waals surface area contributed by atoms with Crippen molar-refractivity contribution in [3.05, 3.63) is 81.1 Å². The number of hydrogen-bond donors (Lipinski definition) is 3. The first-order chi connectivity index (χ1) is 14.4. The molecule has 3 rings (SSSR count). The van der Waals surface area contributed by atoms with Gasteiger partial charge >= 0.3 is 6.03 Å². The van der Waals surface area contributed by atoms with Gasteiger partial charge in [0.15, 0.2) is 5.13 Å². The first-order valence-corrected chi connectivity index (χ1v) is 10.4. The molecule has 0 fully saturated rings. The van der Waals surface area contributed by atoms with E-state index in [4.69, 9.17) is 11.6 Å². The van der Waals surface area contributed by atoms with E-state index >= 15 is 0 Å². The fourth-order valence-corrected chi connectivity index (χ4v) is 3.69. The molecule has 0 aliphatic heterocycles. The molecule has 0 radical (unpaired) electrons. The Labute approximate surface area is 182 Å². The number of nitrogens with zero attached hydrogens (tertiary/aromatic N) is 1. The van der Waals surface area contributed by atoms with Gasteiger partial charge in [-0.25, -0.2) is 14.2 Å². The van der Waals surface area contributed by atoms with Crippen molar-refractivity contribution < 1.29 is 14.0 Å². The van der Waals surface area contributed by atoms with Gasteiger partial charge in [-0.3, -0.25) is 10.1 Å². The molecular formula is C21H20ClFN4O2S. The number of thiazole rings is 1. The molecule has 0 bridgehead atoms. The van der Waals surface area contributed by atoms with E-state index in [0.29, 0.717) is 27.7 Å². The van der Waals surface area contributed by atoms with Crippen LogP contribution in [0.5, 0.6) is 0 Å². The van der Waals surface area contributed by atoms with Crippen LogP contribution in [0.1, 0.15) is 26.4 Å². The van der Waals surface area contributed by atoms with Crippen LogP contribution in [0.3, 0.4) is 0 Å². The van der Waals surface area contributed by atoms with Crippen LogP contribution in [-0.4, -0.2) is 30.0 Å². The highest BCUT2D eigenvalue weighted by Gasteiger charge is 2.10. The molecule has 3 N–H and O–H groups in total. The van der Waals surface area contributed by atoms with Gasteiger partial charge in [-0.15, -0.1) is 11.3 Å². The molecule has 0 unspecified atom stereocenters. The standard InChI is InChI=1S/C21H20ClFN4O2S/c1-13-6-7-14(11-18(13)23)10-15-12-26-21(30-15)27-20(29)25-9-8-24-19(28)16-4-2-3-5-17(16)22/h2-7,11-12H,8-10H2,1H3,(H,24,28)(H2,25,26,27,29). The Morgan fingerprint density at radius 1 is 1.13 bits per heavy atom. The van der Waals surface area contributed by atoms with Gasteiger partial charge in [-0.05, 0) is 36.2 Å². The molecule has 3 aromatic rings. The molecule has 156 valence electrons. The maximum atomic E-state index is 13.7. The van der Waals surface area contributed by atoms with Gasteiger partial charge in [0.05, 0.1) is 10.6 Å². The van der Waals surface area contributed by atoms with Gasteiger partial charge in [0.2, 0.25) is 0 Å². The number of rotatable bonds is 7. The number of aromatic nitrogens is 1. The molecule has 30 heavy (non-hydrogen) atoms. The number of carbonyl (C=O) groups is 2. The van der Waals surface area contributed by atoms with Crippen molar-refractivity contribution in [3.63, 3.8) is 0 Å². The molecule has 1 heterocycles. The zero-order valence-corrected chi connectivity index (χ0v) is 17.7. The van der Waals surface area contributed by atoms with Crippen LogP contribution in [0.25, 0.3) is 0 Å². The molecule has 9 heteroatoms. The lowest BCUT2D eigenvalue weighted by atomic mass is 10.1. The molecule has 6 nitrogen and oxygen atoms in total. The Balaban J connectivity index is 1.41. The first kappa shape index (κ1) is 21.7. The normalized spacial score (nSPS) is 10.5. The van der Waals surface area contributed by atoms with Gasteiger partial charge in [0.1, 0.15) is 5.82 Å². The van der Waals surface area contributed by atoms with E-state index < -0.39 is 6.03 Å². The molecule has 1 aromatic heterocycles. The Morgan fingerprint density at radius 3 is 2.67 bits per heavy atom. The molecule has 0 atom stereocenters. The predicted molar refractivity (Wildman–Crippen MR) is 117 cm³/mol. The Kier molecular flexibility index (Phi) is 7.37. The zero-order chi connectivity index (χ0) is 21.5. The summed E-state index contributed by atoms with van der Waals surface area (Å²) in [7, 11) is 0. The van der Waals surface area contributed by atoms with Crippen molar-refractivity contribution >= 4 is 40.0 Å². The van der Waals surface area contributed by atoms with Gasteiger partial charge in [-0.2, -0.15) is 0 Å². The van der Waals surface area contributed by atoms with Crippen molar-refractivity contribution in [2.75, 3.05) is 18.4 Å². The van der Waals surface area contributed by atoms with E-state index in [9.17, 15) is 14.0 Å². The second-order valence-corrected chi connectivity index (χ2v) is 8.03. The number of aryl methyl sites for hydroxylation is 1. The van der Waals surface area contributed by atoms with Gasteiger partial charge < -0.3 is 10.6 Å². The highest BCUT2D eigenvalue weighted by molar-refractivity contribution is 7.15. The number of nitrogens with one attached hydrogen (secondary N) is 3. The highest BCUT2D eigenvalue weighted by atomic mass is 35.5. The minimum atomic E-state index is -0.427. The Morgan fingerprint density at radius 2 is 1.90 bits per heavy atom. The van der Waals surface area contributed by atoms with Crippen LogP contribution in [0.2, 0.25) is 5.02 Å². The van der Waals surface area contributed by atoms with Crippen molar-refractivity contribution in [2.45, 2.75) is 13.3 Å². The van der Waals surface area contributed by atoms with Gasteiger partial charge in [-0.1, -0.05) is 35.9 Å². The molecule has 3 amide bonds. The molecule has 0 saturated heterocycles. The van der Waals surface area contributed by atoms with Crippen molar-refractivity contribution in [2.24, 2.45) is 0 Å². The predicted octanol–water partition coefficient (Wildman–Crippen LogP) is 4.39. The smallest absolute Gasteiger partial charge is 0.321 e. The summed E-state index contributed by atoms with van der Waals surface area (Å²) >= 11 is 7.29. The number of halogens is 2. The van der Waals surface area contributed by atoms with Crippen LogP contribution >= 0.6 is 22.9 Å². The number of carbonyl (C=O) groups excluding carboxylic acids is 2. The third-order valence-electron chi connectivity index (χ3n) is 4.20. The van der Waals surface area contributed by atoms with Crippen molar-refractivity contribution in [1.29, 1.82) is 0 Å². The summed E-state index contributed by atoms with van der Waals surface area (Å²) in [5.41, 5.74) is 1.82. The summed E-state index contributed by atoms with van der Waals surface area (Å²) in [5, 5.41) is 8.79. The Bertz CT molecular complexity index is 1060. The maximum Gasteiger partial charge on any atom is 0.321 e. The average molecular weight is 447 g/mol. The third-order valence-corrected chi connectivity index (χ3v) is 5.45. The largest absolute Gasteiger partial charge is 0.350 e. The van der Waals surface area contributed by atoms with Crippen molar-refractivity contribution in [3.8, 4) is 0 Å². The van der Waals surface area contributed by atoms with E-state index in [-0.39, 0.29) is 24.8 Å². The Hall–Kier alpha value is -2.97. The first-order valence-electron chi connectivity index (χ1n) is 9.19. The molecule has 0 aliphatic carbocycles. The zero-order valence-electron chi connectivity index (χ0n) is 16.2. The molecular weight excluding hydrogens is 427 g/mol. The van der Waals surface area contributed by atoms with Crippen LogP contribution in [0.4, 0.5) is 14.3 Å². The summed E-state index contributed by atoms with van der Waals surface area (Å²) in [6.45, 7) is 2.21. The summed E-state index contributed by atoms with van der Waals surface area (Å²) < 4.78 is 13.7. The fraction of sp³-hybridized carbons (Fsp3) is 0.190. The lowest BCUT2D eigenvalue weighted by Crippen LogP contribution is -2.36. The van der Waals surface area contributed by atoms with Crippen LogP contribution in [0, 0.1) is 12.7 Å². The highest BCUT2D eigenvalue weighted by Crippen LogP contribution is 2.22. The van der Waals surface area contributed by atoms with Crippen molar-refractivity contribution in [1.82, 2.24) is 15.6 Å². The molecule has 0 saturated carbocycles. The lowest BCUT2D eigenvalue weighted by Gasteiger charge is -2.08. The monoisotopic (exact) mass is 446 g/mol. The third kappa shape index (κ3) is 6.01. The number of hydrogen-bond acceptors (Lipinski definition) is 4. The number of amides is 3. The van der Waals surface area contributed by atoms with Crippen LogP contribution in [-0.2, 0) is 6.42 Å². The number of benzene rings is 2. The quantitative estimate of drug-likeness (QED) is 0.471. The number of anilines is 1. The molecule has 0 aliphatic rings. The van der Waals surface area contributed by atoms with Gasteiger partial charge in [0, 0.05) is 30.6 Å². The van der Waals surface area contributed by atoms with E-state index in [0.717, 1.165) is 10.4 Å². The van der Waals surface area contributed by atoms with E-state index in [2.05, 4.69) is 20.9 Å². The molecule has 0 spiro atoms. The number of urea groups is 1. The minimum absolute atomic E-state index is 0.239. The summed E-state index contributed by atoms with van der Waals surface area (Å²) in [6.07, 6.45) is 2.19. The van der Waals surface area contributed by atoms with Crippen LogP contribution in [0.15, 0.2) is 48.7 Å². The summed E-state index contributed by atoms with van der Waals surface area (Å²) in [5.74, 6) is -0.545. The summed E-state index contributed by atoms with van der Waals surface area (Å²) in [4.78, 5) is 29.1. The lowest BCUT2D eigenvalue weighted by molar-refractivity contribution is 0.0954. The topological polar surface area (TPSA) is 83.1 Å². The second-order valence-electron chi connectivity index (χ2n) is 6.51. The fourth-order valence-electron chi connectivity index (χ4n) is 2.63. The van der Waals surface area contributed by atoms with E-state index in [1.54, 1.807) is 43.5 Å². The maximum absolute atomic E-state index is 13.7. The molecule has 2 aromatic carbocycles. The second kappa shape index (κ2) is 10.2.